The predicted octanol–water partition coefficient (Wildman–Crippen LogP) is 7.55. The fourth-order valence-electron chi connectivity index (χ4n) is 2.98. The minimum absolute atomic E-state index is 0.00812. The van der Waals surface area contributed by atoms with Crippen LogP contribution in [0.4, 0.5) is 57.1 Å². The highest BCUT2D eigenvalue weighted by Gasteiger charge is 2.75. The van der Waals surface area contributed by atoms with E-state index in [9.17, 15) is 61.9 Å². The topological polar surface area (TPSA) is 35.5 Å². The molecular weight excluding hydrogens is 607 g/mol. The Labute approximate surface area is 226 Å². The van der Waals surface area contributed by atoms with Gasteiger partial charge >= 0.3 is 30.2 Å². The number of carbonyl (C=O) groups excluding carboxylic acids is 1. The summed E-state index contributed by atoms with van der Waals surface area (Å²) in [6.07, 6.45) is -5.28. The van der Waals surface area contributed by atoms with E-state index in [1.54, 1.807) is 5.92 Å². The van der Waals surface area contributed by atoms with Crippen LogP contribution in [-0.2, 0) is 0 Å². The first-order valence-corrected chi connectivity index (χ1v) is 10.9. The molecule has 3 rings (SSSR count). The highest BCUT2D eigenvalue weighted by atomic mass is 19.4. The Balaban J connectivity index is 1.80. The lowest BCUT2D eigenvalue weighted by atomic mass is 10.1. The SMILES string of the molecule is O=C(Oc1ccc(C#Cc2c(F)c(F)c(OCC(F)(F)C(F)(F)C(F)(F)C(F)F)c(F)c2F)cc1)c1ccc(F)cc1. The zero-order valence-corrected chi connectivity index (χ0v) is 20.0. The number of carbonyl (C=O) groups is 1. The van der Waals surface area contributed by atoms with Crippen LogP contribution in [0.5, 0.6) is 11.5 Å². The third-order valence-corrected chi connectivity index (χ3v) is 5.25. The minimum Gasteiger partial charge on any atom is -0.481 e. The maximum atomic E-state index is 14.3. The van der Waals surface area contributed by atoms with Gasteiger partial charge in [-0.1, -0.05) is 11.8 Å². The number of alkyl halides is 8. The van der Waals surface area contributed by atoms with Crippen molar-refractivity contribution in [2.24, 2.45) is 0 Å². The second-order valence-corrected chi connectivity index (χ2v) is 8.12. The van der Waals surface area contributed by atoms with Crippen LogP contribution >= 0.6 is 0 Å². The number of benzene rings is 3. The summed E-state index contributed by atoms with van der Waals surface area (Å²) in [5.74, 6) is -29.7. The van der Waals surface area contributed by atoms with E-state index in [0.717, 1.165) is 48.5 Å². The first kappa shape index (κ1) is 32.1. The Morgan fingerprint density at radius 3 is 1.76 bits per heavy atom. The molecule has 16 heteroatoms. The van der Waals surface area contributed by atoms with Crippen LogP contribution in [0.15, 0.2) is 48.5 Å². The molecule has 0 fully saturated rings. The number of rotatable bonds is 8. The van der Waals surface area contributed by atoms with Crippen molar-refractivity contribution in [3.05, 3.63) is 94.3 Å². The Morgan fingerprint density at radius 1 is 0.738 bits per heavy atom. The van der Waals surface area contributed by atoms with Gasteiger partial charge < -0.3 is 9.47 Å². The first-order valence-electron chi connectivity index (χ1n) is 10.9. The standard InChI is InChI=1S/C26H11F13O3/c27-14-6-4-13(5-7-14)22(40)42-15-8-1-12(2-9-15)3-10-16-17(28)19(30)21(20(31)18(16)29)41-11-24(34,35)26(38,39)25(36,37)23(32)33/h1-2,4-9,23H,11H2. The molecule has 0 spiro atoms. The summed E-state index contributed by atoms with van der Waals surface area (Å²) >= 11 is 0. The van der Waals surface area contributed by atoms with Gasteiger partial charge in [0.25, 0.3) is 0 Å². The van der Waals surface area contributed by atoms with Gasteiger partial charge in [0, 0.05) is 5.56 Å². The van der Waals surface area contributed by atoms with Crippen LogP contribution in [-0.4, -0.2) is 36.8 Å². The molecule has 0 aliphatic carbocycles. The maximum Gasteiger partial charge on any atom is 0.381 e. The van der Waals surface area contributed by atoms with E-state index >= 15 is 0 Å². The molecule has 0 atom stereocenters. The van der Waals surface area contributed by atoms with Crippen LogP contribution in [0, 0.1) is 40.9 Å². The lowest BCUT2D eigenvalue weighted by molar-refractivity contribution is -0.342. The lowest BCUT2D eigenvalue weighted by Crippen LogP contribution is -2.59. The average molecular weight is 618 g/mol. The summed E-state index contributed by atoms with van der Waals surface area (Å²) in [7, 11) is 0. The molecule has 3 nitrogen and oxygen atoms in total. The number of hydrogen-bond acceptors (Lipinski definition) is 3. The molecule has 0 aliphatic rings. The zero-order chi connectivity index (χ0) is 31.6. The van der Waals surface area contributed by atoms with Crippen molar-refractivity contribution in [1.82, 2.24) is 0 Å². The molecule has 42 heavy (non-hydrogen) atoms. The summed E-state index contributed by atoms with van der Waals surface area (Å²) in [4.78, 5) is 12.0. The molecule has 0 N–H and O–H groups in total. The minimum atomic E-state index is -6.81. The van der Waals surface area contributed by atoms with E-state index in [1.807, 2.05) is 0 Å². The monoisotopic (exact) mass is 618 g/mol. The molecule has 0 amide bonds. The molecule has 0 aromatic heterocycles. The predicted molar refractivity (Wildman–Crippen MR) is 116 cm³/mol. The van der Waals surface area contributed by atoms with Crippen LogP contribution in [0.3, 0.4) is 0 Å². The van der Waals surface area contributed by atoms with Crippen LogP contribution in [0.1, 0.15) is 21.5 Å². The molecule has 3 aromatic carbocycles. The van der Waals surface area contributed by atoms with E-state index in [-0.39, 0.29) is 16.9 Å². The third kappa shape index (κ3) is 6.24. The van der Waals surface area contributed by atoms with Gasteiger partial charge in [-0.2, -0.15) is 35.1 Å². The number of esters is 1. The van der Waals surface area contributed by atoms with Gasteiger partial charge in [0.2, 0.25) is 11.6 Å². The highest BCUT2D eigenvalue weighted by Crippen LogP contribution is 2.48. The average Bonchev–Trinajstić information content (AvgIpc) is 2.92. The van der Waals surface area contributed by atoms with E-state index in [0.29, 0.717) is 0 Å². The van der Waals surface area contributed by atoms with E-state index in [4.69, 9.17) is 4.74 Å². The van der Waals surface area contributed by atoms with Gasteiger partial charge in [-0.15, -0.1) is 0 Å². The van der Waals surface area contributed by atoms with Gasteiger partial charge in [0.1, 0.15) is 17.1 Å². The second-order valence-electron chi connectivity index (χ2n) is 8.12. The smallest absolute Gasteiger partial charge is 0.381 e. The molecule has 0 heterocycles. The normalized spacial score (nSPS) is 12.1. The third-order valence-electron chi connectivity index (χ3n) is 5.25. The fourth-order valence-corrected chi connectivity index (χ4v) is 2.98. The molecule has 3 aromatic rings. The van der Waals surface area contributed by atoms with Crippen molar-refractivity contribution < 1.29 is 71.3 Å². The van der Waals surface area contributed by atoms with E-state index in [2.05, 4.69) is 10.7 Å². The van der Waals surface area contributed by atoms with Gasteiger partial charge in [0.05, 0.1) is 5.56 Å². The summed E-state index contributed by atoms with van der Waals surface area (Å²) < 4.78 is 183. The Morgan fingerprint density at radius 2 is 1.26 bits per heavy atom. The number of halogens is 13. The summed E-state index contributed by atoms with van der Waals surface area (Å²) in [5.41, 5.74) is -1.73. The van der Waals surface area contributed by atoms with Crippen LogP contribution in [0.25, 0.3) is 0 Å². The van der Waals surface area contributed by atoms with E-state index < -0.39 is 77.2 Å². The quantitative estimate of drug-likeness (QED) is 0.0861. The summed E-state index contributed by atoms with van der Waals surface area (Å²) in [6.45, 7) is -3.09. The van der Waals surface area contributed by atoms with Crippen molar-refractivity contribution in [2.75, 3.05) is 6.61 Å². The van der Waals surface area contributed by atoms with Gasteiger partial charge in [-0.05, 0) is 48.5 Å². The molecule has 224 valence electrons. The van der Waals surface area contributed by atoms with Gasteiger partial charge in [-0.25, -0.2) is 26.7 Å². The maximum absolute atomic E-state index is 14.3. The largest absolute Gasteiger partial charge is 0.481 e. The number of hydrogen-bond donors (Lipinski definition) is 0. The van der Waals surface area contributed by atoms with Crippen molar-refractivity contribution in [3.63, 3.8) is 0 Å². The van der Waals surface area contributed by atoms with E-state index in [1.165, 1.54) is 0 Å². The van der Waals surface area contributed by atoms with Crippen molar-refractivity contribution >= 4 is 5.97 Å². The Kier molecular flexibility index (Phi) is 9.04. The van der Waals surface area contributed by atoms with Gasteiger partial charge in [0.15, 0.2) is 24.0 Å². The molecule has 0 aliphatic heterocycles. The lowest BCUT2D eigenvalue weighted by Gasteiger charge is -2.32. The molecular formula is C26H11F13O3. The Hall–Kier alpha value is -4.42. The van der Waals surface area contributed by atoms with Crippen molar-refractivity contribution in [3.8, 4) is 23.3 Å². The van der Waals surface area contributed by atoms with Crippen molar-refractivity contribution in [1.29, 1.82) is 0 Å². The zero-order valence-electron chi connectivity index (χ0n) is 20.0. The van der Waals surface area contributed by atoms with Gasteiger partial charge in [-0.3, -0.25) is 0 Å². The highest BCUT2D eigenvalue weighted by molar-refractivity contribution is 5.91. The molecule has 0 saturated carbocycles. The molecule has 0 saturated heterocycles. The van der Waals surface area contributed by atoms with Crippen LogP contribution < -0.4 is 9.47 Å². The summed E-state index contributed by atoms with van der Waals surface area (Å²) in [6, 6.07) is 8.82. The summed E-state index contributed by atoms with van der Waals surface area (Å²) in [5, 5.41) is 0. The molecule has 0 radical (unpaired) electrons. The molecule has 0 unspecified atom stereocenters. The van der Waals surface area contributed by atoms with Crippen LogP contribution in [0.2, 0.25) is 0 Å². The first-order chi connectivity index (χ1) is 19.4. The second kappa shape index (κ2) is 11.8. The Bertz CT molecular complexity index is 1500. The fraction of sp³-hybridized carbons (Fsp3) is 0.192. The number of ether oxygens (including phenoxy) is 2. The molecule has 0 bridgehead atoms. The van der Waals surface area contributed by atoms with Crippen molar-refractivity contribution in [2.45, 2.75) is 24.2 Å².